The van der Waals surface area contributed by atoms with Crippen molar-refractivity contribution in [1.29, 1.82) is 0 Å². The number of piperidine rings is 1. The number of hydrogen-bond donors (Lipinski definition) is 2. The Morgan fingerprint density at radius 3 is 2.75 bits per heavy atom. The minimum absolute atomic E-state index is 0. The average molecular weight is 341 g/mol. The summed E-state index contributed by atoms with van der Waals surface area (Å²) in [6, 6.07) is 2.05. The SMILES string of the molecule is CC1CCNC(C)C1NC(=O)c1ccncc1Cl.Cl.Cl. The number of carbonyl (C=O) groups excluding carboxylic acids is 1. The van der Waals surface area contributed by atoms with Crippen LogP contribution in [0.3, 0.4) is 0 Å². The van der Waals surface area contributed by atoms with E-state index >= 15 is 0 Å². The third kappa shape index (κ3) is 4.48. The van der Waals surface area contributed by atoms with E-state index in [0.29, 0.717) is 16.5 Å². The van der Waals surface area contributed by atoms with E-state index in [4.69, 9.17) is 11.6 Å². The van der Waals surface area contributed by atoms with Gasteiger partial charge >= 0.3 is 0 Å². The highest BCUT2D eigenvalue weighted by Gasteiger charge is 2.29. The fraction of sp³-hybridized carbons (Fsp3) is 0.538. The number of aromatic nitrogens is 1. The first-order chi connectivity index (χ1) is 8.59. The Morgan fingerprint density at radius 2 is 2.15 bits per heavy atom. The molecule has 0 aromatic carbocycles. The quantitative estimate of drug-likeness (QED) is 0.870. The van der Waals surface area contributed by atoms with Gasteiger partial charge < -0.3 is 10.6 Å². The van der Waals surface area contributed by atoms with Crippen molar-refractivity contribution in [2.24, 2.45) is 5.92 Å². The lowest BCUT2D eigenvalue weighted by atomic mass is 9.89. The average Bonchev–Trinajstić information content (AvgIpc) is 2.34. The number of amides is 1. The van der Waals surface area contributed by atoms with Crippen molar-refractivity contribution >= 4 is 42.3 Å². The summed E-state index contributed by atoms with van der Waals surface area (Å²) in [4.78, 5) is 16.1. The molecule has 114 valence electrons. The lowest BCUT2D eigenvalue weighted by molar-refractivity contribution is 0.0897. The maximum absolute atomic E-state index is 12.2. The highest BCUT2D eigenvalue weighted by atomic mass is 35.5. The van der Waals surface area contributed by atoms with Crippen molar-refractivity contribution in [3.63, 3.8) is 0 Å². The van der Waals surface area contributed by atoms with Gasteiger partial charge in [0.2, 0.25) is 0 Å². The van der Waals surface area contributed by atoms with Gasteiger partial charge in [0.25, 0.3) is 5.91 Å². The molecule has 20 heavy (non-hydrogen) atoms. The summed E-state index contributed by atoms with van der Waals surface area (Å²) in [6.07, 6.45) is 4.13. The molecule has 3 atom stereocenters. The van der Waals surface area contributed by atoms with Crippen molar-refractivity contribution in [3.05, 3.63) is 29.0 Å². The molecule has 1 aromatic heterocycles. The zero-order valence-corrected chi connectivity index (χ0v) is 13.8. The lowest BCUT2D eigenvalue weighted by Crippen LogP contribution is -2.55. The molecule has 4 nitrogen and oxygen atoms in total. The minimum Gasteiger partial charge on any atom is -0.347 e. The molecule has 0 radical (unpaired) electrons. The predicted molar refractivity (Wildman–Crippen MR) is 86.2 cm³/mol. The van der Waals surface area contributed by atoms with Crippen LogP contribution in [0.1, 0.15) is 30.6 Å². The topological polar surface area (TPSA) is 54.0 Å². The number of rotatable bonds is 2. The zero-order valence-electron chi connectivity index (χ0n) is 11.4. The summed E-state index contributed by atoms with van der Waals surface area (Å²) in [5.41, 5.74) is 0.483. The van der Waals surface area contributed by atoms with Crippen LogP contribution < -0.4 is 10.6 Å². The minimum atomic E-state index is -0.130. The van der Waals surface area contributed by atoms with E-state index in [1.54, 1.807) is 12.3 Å². The van der Waals surface area contributed by atoms with Crippen LogP contribution in [0.5, 0.6) is 0 Å². The molecular weight excluding hydrogens is 321 g/mol. The monoisotopic (exact) mass is 339 g/mol. The third-order valence-corrected chi connectivity index (χ3v) is 3.83. The molecule has 3 unspecified atom stereocenters. The van der Waals surface area contributed by atoms with Crippen LogP contribution in [0.2, 0.25) is 5.02 Å². The summed E-state index contributed by atoms with van der Waals surface area (Å²) < 4.78 is 0. The second kappa shape index (κ2) is 8.67. The number of nitrogens with zero attached hydrogens (tertiary/aromatic N) is 1. The van der Waals surface area contributed by atoms with Gasteiger partial charge in [-0.25, -0.2) is 0 Å². The summed E-state index contributed by atoms with van der Waals surface area (Å²) in [7, 11) is 0. The number of carbonyl (C=O) groups is 1. The van der Waals surface area contributed by atoms with Gasteiger partial charge in [0.1, 0.15) is 0 Å². The molecule has 0 spiro atoms. The van der Waals surface area contributed by atoms with Crippen LogP contribution >= 0.6 is 36.4 Å². The van der Waals surface area contributed by atoms with Gasteiger partial charge in [-0.3, -0.25) is 9.78 Å². The van der Waals surface area contributed by atoms with Crippen LogP contribution in [-0.4, -0.2) is 29.5 Å². The molecule has 0 bridgehead atoms. The molecule has 0 saturated carbocycles. The van der Waals surface area contributed by atoms with Crippen molar-refractivity contribution in [2.75, 3.05) is 6.54 Å². The molecule has 2 N–H and O–H groups in total. The molecule has 1 aliphatic rings. The number of pyridine rings is 1. The molecular formula is C13H20Cl3N3O. The Balaban J connectivity index is 0.00000180. The summed E-state index contributed by atoms with van der Waals surface area (Å²) in [6.45, 7) is 5.26. The van der Waals surface area contributed by atoms with Crippen LogP contribution in [0.25, 0.3) is 0 Å². The van der Waals surface area contributed by atoms with Gasteiger partial charge in [-0.05, 0) is 31.9 Å². The van der Waals surface area contributed by atoms with Crippen LogP contribution in [0.4, 0.5) is 0 Å². The van der Waals surface area contributed by atoms with Crippen LogP contribution in [-0.2, 0) is 0 Å². The van der Waals surface area contributed by atoms with Crippen molar-refractivity contribution in [1.82, 2.24) is 15.6 Å². The summed E-state index contributed by atoms with van der Waals surface area (Å²) in [5, 5.41) is 6.82. The second-order valence-electron chi connectivity index (χ2n) is 4.86. The molecule has 1 saturated heterocycles. The molecule has 1 aliphatic heterocycles. The molecule has 1 amide bonds. The van der Waals surface area contributed by atoms with E-state index < -0.39 is 0 Å². The molecule has 1 fully saturated rings. The normalized spacial score (nSPS) is 25.1. The largest absolute Gasteiger partial charge is 0.347 e. The molecule has 0 aliphatic carbocycles. The summed E-state index contributed by atoms with van der Waals surface area (Å²) >= 11 is 5.97. The Labute approximate surface area is 136 Å². The Hall–Kier alpha value is -0.550. The van der Waals surface area contributed by atoms with E-state index in [-0.39, 0.29) is 42.8 Å². The number of halogens is 3. The van der Waals surface area contributed by atoms with E-state index in [9.17, 15) is 4.79 Å². The maximum Gasteiger partial charge on any atom is 0.253 e. The van der Waals surface area contributed by atoms with Crippen molar-refractivity contribution in [3.8, 4) is 0 Å². The van der Waals surface area contributed by atoms with Gasteiger partial charge in [0.05, 0.1) is 10.6 Å². The number of nitrogens with one attached hydrogen (secondary N) is 2. The summed E-state index contributed by atoms with van der Waals surface area (Å²) in [5.74, 6) is 0.334. The fourth-order valence-corrected chi connectivity index (χ4v) is 2.60. The first-order valence-corrected chi connectivity index (χ1v) is 6.61. The standard InChI is InChI=1S/C13H18ClN3O.2ClH/c1-8-3-6-16-9(2)12(8)17-13(18)10-4-5-15-7-11(10)14;;/h4-5,7-9,12,16H,3,6H2,1-2H3,(H,17,18);2*1H. The van der Waals surface area contributed by atoms with Gasteiger partial charge in [-0.15, -0.1) is 24.8 Å². The Morgan fingerprint density at radius 1 is 1.45 bits per heavy atom. The molecule has 2 rings (SSSR count). The van der Waals surface area contributed by atoms with Crippen LogP contribution in [0, 0.1) is 5.92 Å². The highest BCUT2D eigenvalue weighted by molar-refractivity contribution is 6.33. The van der Waals surface area contributed by atoms with Gasteiger partial charge in [-0.2, -0.15) is 0 Å². The maximum atomic E-state index is 12.2. The predicted octanol–water partition coefficient (Wildman–Crippen LogP) is 2.69. The van der Waals surface area contributed by atoms with Gasteiger partial charge in [0, 0.05) is 24.5 Å². The van der Waals surface area contributed by atoms with E-state index in [0.717, 1.165) is 13.0 Å². The first kappa shape index (κ1) is 19.4. The smallest absolute Gasteiger partial charge is 0.253 e. The Bertz CT molecular complexity index is 435. The zero-order chi connectivity index (χ0) is 13.1. The van der Waals surface area contributed by atoms with Gasteiger partial charge in [-0.1, -0.05) is 18.5 Å². The third-order valence-electron chi connectivity index (χ3n) is 3.53. The van der Waals surface area contributed by atoms with Gasteiger partial charge in [0.15, 0.2) is 0 Å². The molecule has 7 heteroatoms. The molecule has 2 heterocycles. The lowest BCUT2D eigenvalue weighted by Gasteiger charge is -2.36. The Kier molecular flexibility index (Phi) is 8.44. The highest BCUT2D eigenvalue weighted by Crippen LogP contribution is 2.18. The second-order valence-corrected chi connectivity index (χ2v) is 5.27. The first-order valence-electron chi connectivity index (χ1n) is 6.23. The van der Waals surface area contributed by atoms with E-state index in [1.165, 1.54) is 6.20 Å². The fourth-order valence-electron chi connectivity index (χ4n) is 2.39. The van der Waals surface area contributed by atoms with Crippen molar-refractivity contribution in [2.45, 2.75) is 32.4 Å². The van der Waals surface area contributed by atoms with Crippen molar-refractivity contribution < 1.29 is 4.79 Å². The van der Waals surface area contributed by atoms with E-state index in [1.807, 2.05) is 0 Å². The van der Waals surface area contributed by atoms with Crippen LogP contribution in [0.15, 0.2) is 18.5 Å². The van der Waals surface area contributed by atoms with E-state index in [2.05, 4.69) is 29.5 Å². The molecule has 1 aromatic rings. The number of hydrogen-bond acceptors (Lipinski definition) is 3.